The predicted molar refractivity (Wildman–Crippen MR) is 115 cm³/mol. The van der Waals surface area contributed by atoms with Crippen LogP contribution >= 0.6 is 0 Å². The average molecular weight is 410 g/mol. The Labute approximate surface area is 175 Å². The van der Waals surface area contributed by atoms with Gasteiger partial charge in [-0.15, -0.1) is 0 Å². The molecular weight excluding hydrogens is 381 g/mol. The highest BCUT2D eigenvalue weighted by molar-refractivity contribution is 6.00. The molecule has 7 heteroatoms. The molecule has 1 fully saturated rings. The summed E-state index contributed by atoms with van der Waals surface area (Å²) in [6.45, 7) is 2.27. The van der Waals surface area contributed by atoms with Crippen LogP contribution in [0.1, 0.15) is 54.8 Å². The molecule has 158 valence electrons. The molecule has 30 heavy (non-hydrogen) atoms. The maximum absolute atomic E-state index is 15.5. The van der Waals surface area contributed by atoms with Crippen molar-refractivity contribution in [2.45, 2.75) is 38.6 Å². The fraction of sp³-hybridized carbons (Fsp3) is 0.435. The first kappa shape index (κ1) is 20.5. The summed E-state index contributed by atoms with van der Waals surface area (Å²) < 4.78 is 15.5. The van der Waals surface area contributed by atoms with E-state index in [0.717, 1.165) is 18.8 Å². The number of hydrogen-bond donors (Lipinski definition) is 2. The third-order valence-electron chi connectivity index (χ3n) is 6.19. The topological polar surface area (TPSA) is 87.9 Å². The summed E-state index contributed by atoms with van der Waals surface area (Å²) in [4.78, 5) is 26.0. The quantitative estimate of drug-likeness (QED) is 0.673. The lowest BCUT2D eigenvalue weighted by Crippen LogP contribution is -2.26. The van der Waals surface area contributed by atoms with Crippen molar-refractivity contribution in [1.29, 1.82) is 0 Å². The number of nitrogens with one attached hydrogen (secondary N) is 1. The fourth-order valence-electron chi connectivity index (χ4n) is 4.30. The molecule has 6 nitrogen and oxygen atoms in total. The maximum Gasteiger partial charge on any atom is 0.255 e. The summed E-state index contributed by atoms with van der Waals surface area (Å²) in [5, 5.41) is 0. The summed E-state index contributed by atoms with van der Waals surface area (Å²) in [5.41, 5.74) is 8.25. The first-order chi connectivity index (χ1) is 14.4. The van der Waals surface area contributed by atoms with Crippen LogP contribution < -0.4 is 5.73 Å². The zero-order valence-corrected chi connectivity index (χ0v) is 17.7. The second-order valence-electron chi connectivity index (χ2n) is 8.59. The lowest BCUT2D eigenvalue weighted by atomic mass is 9.79. The Morgan fingerprint density at radius 1 is 1.23 bits per heavy atom. The zero-order valence-electron chi connectivity index (χ0n) is 17.7. The number of rotatable bonds is 4. The standard InChI is InChI=1S/C23H28FN5O/c1-13-6-8-14(9-7-13)19(25)22-27-17-11-10-15(18(24)21(17)28-22)20-16(5-4-12-26-20)23(30)29(2)3/h4-5,10-14,19H,6-9,25H2,1-3H3,(H,27,28)/t13?,14?,19-/m0/s1. The SMILES string of the molecule is CC1CCC([C@H](N)c2nc3c(F)c(-c4ncccc4C(=O)N(C)C)ccc3[nH]2)CC1. The number of carbonyl (C=O) groups is 1. The fourth-order valence-corrected chi connectivity index (χ4v) is 4.30. The van der Waals surface area contributed by atoms with Gasteiger partial charge in [-0.25, -0.2) is 9.37 Å². The van der Waals surface area contributed by atoms with Crippen LogP contribution in [0.15, 0.2) is 30.5 Å². The van der Waals surface area contributed by atoms with Crippen molar-refractivity contribution in [1.82, 2.24) is 19.9 Å². The van der Waals surface area contributed by atoms with Gasteiger partial charge in [0, 0.05) is 25.9 Å². The number of nitrogens with zero attached hydrogens (tertiary/aromatic N) is 3. The van der Waals surface area contributed by atoms with Crippen LogP contribution in [0.2, 0.25) is 0 Å². The minimum absolute atomic E-state index is 0.228. The van der Waals surface area contributed by atoms with Crippen molar-refractivity contribution >= 4 is 16.9 Å². The number of pyridine rings is 1. The van der Waals surface area contributed by atoms with Crippen LogP contribution in [0, 0.1) is 17.7 Å². The third kappa shape index (κ3) is 3.69. The molecule has 3 aromatic rings. The normalized spacial score (nSPS) is 20.3. The van der Waals surface area contributed by atoms with E-state index in [1.54, 1.807) is 44.6 Å². The molecule has 0 radical (unpaired) electrons. The van der Waals surface area contributed by atoms with Crippen LogP contribution in [-0.4, -0.2) is 39.9 Å². The second-order valence-corrected chi connectivity index (χ2v) is 8.59. The van der Waals surface area contributed by atoms with E-state index in [0.29, 0.717) is 28.5 Å². The van der Waals surface area contributed by atoms with E-state index >= 15 is 4.39 Å². The van der Waals surface area contributed by atoms with E-state index in [1.165, 1.54) is 17.7 Å². The number of nitrogens with two attached hydrogens (primary N) is 1. The number of aromatic nitrogens is 3. The smallest absolute Gasteiger partial charge is 0.255 e. The highest BCUT2D eigenvalue weighted by atomic mass is 19.1. The summed E-state index contributed by atoms with van der Waals surface area (Å²) in [7, 11) is 3.32. The molecule has 2 aromatic heterocycles. The van der Waals surface area contributed by atoms with Gasteiger partial charge in [-0.05, 0) is 48.9 Å². The Bertz CT molecular complexity index is 1070. The molecule has 1 aromatic carbocycles. The summed E-state index contributed by atoms with van der Waals surface area (Å²) in [6.07, 6.45) is 6.02. The zero-order chi connectivity index (χ0) is 21.4. The Hall–Kier alpha value is -2.80. The van der Waals surface area contributed by atoms with E-state index in [4.69, 9.17) is 5.73 Å². The number of amides is 1. The maximum atomic E-state index is 15.5. The van der Waals surface area contributed by atoms with E-state index in [-0.39, 0.29) is 23.0 Å². The monoisotopic (exact) mass is 409 g/mol. The van der Waals surface area contributed by atoms with Crippen LogP contribution in [0.4, 0.5) is 4.39 Å². The first-order valence-electron chi connectivity index (χ1n) is 10.5. The van der Waals surface area contributed by atoms with Crippen molar-refractivity contribution in [3.05, 3.63) is 47.7 Å². The van der Waals surface area contributed by atoms with E-state index in [2.05, 4.69) is 21.9 Å². The molecule has 1 aliphatic rings. The van der Waals surface area contributed by atoms with Crippen molar-refractivity contribution in [3.63, 3.8) is 0 Å². The number of fused-ring (bicyclic) bond motifs is 1. The van der Waals surface area contributed by atoms with Gasteiger partial charge in [0.2, 0.25) is 0 Å². The molecule has 0 spiro atoms. The molecule has 1 aliphatic carbocycles. The molecule has 1 atom stereocenters. The largest absolute Gasteiger partial charge is 0.345 e. The highest BCUT2D eigenvalue weighted by Gasteiger charge is 2.28. The molecule has 3 N–H and O–H groups in total. The van der Waals surface area contributed by atoms with Gasteiger partial charge in [0.15, 0.2) is 5.82 Å². The van der Waals surface area contributed by atoms with Gasteiger partial charge in [-0.3, -0.25) is 9.78 Å². The van der Waals surface area contributed by atoms with Crippen molar-refractivity contribution in [2.75, 3.05) is 14.1 Å². The van der Waals surface area contributed by atoms with E-state index in [1.807, 2.05) is 0 Å². The first-order valence-corrected chi connectivity index (χ1v) is 10.5. The van der Waals surface area contributed by atoms with E-state index < -0.39 is 5.82 Å². The van der Waals surface area contributed by atoms with Gasteiger partial charge >= 0.3 is 0 Å². The molecule has 0 aliphatic heterocycles. The lowest BCUT2D eigenvalue weighted by molar-refractivity contribution is 0.0828. The molecule has 0 saturated heterocycles. The summed E-state index contributed by atoms with van der Waals surface area (Å²) in [5.74, 6) is 0.983. The molecule has 0 unspecified atom stereocenters. The minimum Gasteiger partial charge on any atom is -0.345 e. The van der Waals surface area contributed by atoms with Crippen molar-refractivity contribution in [2.24, 2.45) is 17.6 Å². The summed E-state index contributed by atoms with van der Waals surface area (Å²) >= 11 is 0. The van der Waals surface area contributed by atoms with Crippen LogP contribution in [0.5, 0.6) is 0 Å². The Morgan fingerprint density at radius 2 is 1.97 bits per heavy atom. The number of benzene rings is 1. The van der Waals surface area contributed by atoms with Gasteiger partial charge in [0.1, 0.15) is 11.3 Å². The Balaban J connectivity index is 1.72. The Morgan fingerprint density at radius 3 is 2.67 bits per heavy atom. The van der Waals surface area contributed by atoms with Gasteiger partial charge in [-0.2, -0.15) is 0 Å². The van der Waals surface area contributed by atoms with Crippen LogP contribution in [-0.2, 0) is 0 Å². The van der Waals surface area contributed by atoms with Gasteiger partial charge in [0.25, 0.3) is 5.91 Å². The molecule has 2 heterocycles. The molecule has 1 amide bonds. The number of halogens is 1. The number of hydrogen-bond acceptors (Lipinski definition) is 4. The molecule has 0 bridgehead atoms. The third-order valence-corrected chi connectivity index (χ3v) is 6.19. The van der Waals surface area contributed by atoms with Gasteiger partial charge in [0.05, 0.1) is 22.8 Å². The second kappa shape index (κ2) is 8.14. The number of carbonyl (C=O) groups excluding carboxylic acids is 1. The number of aromatic amines is 1. The van der Waals surface area contributed by atoms with Gasteiger partial charge in [-0.1, -0.05) is 19.8 Å². The number of imidazole rings is 1. The van der Waals surface area contributed by atoms with Crippen LogP contribution in [0.25, 0.3) is 22.3 Å². The van der Waals surface area contributed by atoms with Gasteiger partial charge < -0.3 is 15.6 Å². The van der Waals surface area contributed by atoms with E-state index in [9.17, 15) is 4.79 Å². The number of H-pyrrole nitrogens is 1. The average Bonchev–Trinajstić information content (AvgIpc) is 3.19. The summed E-state index contributed by atoms with van der Waals surface area (Å²) in [6, 6.07) is 6.51. The van der Waals surface area contributed by atoms with Crippen molar-refractivity contribution < 1.29 is 9.18 Å². The van der Waals surface area contributed by atoms with Crippen molar-refractivity contribution in [3.8, 4) is 11.3 Å². The molecule has 4 rings (SSSR count). The lowest BCUT2D eigenvalue weighted by Gasteiger charge is -2.29. The van der Waals surface area contributed by atoms with Crippen LogP contribution in [0.3, 0.4) is 0 Å². The predicted octanol–water partition coefficient (Wildman–Crippen LogP) is 4.29. The molecular formula is C23H28FN5O. The minimum atomic E-state index is -0.494. The Kier molecular flexibility index (Phi) is 5.56. The highest BCUT2D eigenvalue weighted by Crippen LogP contribution is 2.36. The molecule has 1 saturated carbocycles.